The van der Waals surface area contributed by atoms with Gasteiger partial charge in [-0.3, -0.25) is 4.79 Å². The lowest BCUT2D eigenvalue weighted by Crippen LogP contribution is -2.21. The summed E-state index contributed by atoms with van der Waals surface area (Å²) in [5.74, 6) is -0.188. The van der Waals surface area contributed by atoms with Crippen LogP contribution < -0.4 is 4.90 Å². The molecule has 0 fully saturated rings. The van der Waals surface area contributed by atoms with E-state index in [2.05, 4.69) is 9.72 Å². The van der Waals surface area contributed by atoms with Crippen molar-refractivity contribution in [2.75, 3.05) is 25.6 Å². The molecule has 5 heteroatoms. The third-order valence-corrected chi connectivity index (χ3v) is 3.41. The average molecular weight is 228 g/mol. The van der Waals surface area contributed by atoms with Gasteiger partial charge in [-0.2, -0.15) is 0 Å². The van der Waals surface area contributed by atoms with Crippen LogP contribution in [0.4, 0.5) is 5.13 Å². The van der Waals surface area contributed by atoms with Gasteiger partial charge in [0.1, 0.15) is 0 Å². The molecular weight excluding hydrogens is 212 g/mol. The van der Waals surface area contributed by atoms with Gasteiger partial charge < -0.3 is 9.64 Å². The number of hydrogen-bond donors (Lipinski definition) is 0. The Labute approximate surface area is 93.9 Å². The third kappa shape index (κ3) is 3.20. The van der Waals surface area contributed by atoms with Crippen LogP contribution in [0.25, 0.3) is 0 Å². The molecule has 0 atom stereocenters. The number of rotatable bonds is 4. The Morgan fingerprint density at radius 2 is 2.20 bits per heavy atom. The van der Waals surface area contributed by atoms with Gasteiger partial charge in [-0.1, -0.05) is 0 Å². The summed E-state index contributed by atoms with van der Waals surface area (Å²) in [6, 6.07) is 0. The first-order valence-corrected chi connectivity index (χ1v) is 5.58. The Kier molecular flexibility index (Phi) is 4.08. The van der Waals surface area contributed by atoms with E-state index < -0.39 is 0 Å². The molecule has 0 saturated carbocycles. The number of anilines is 1. The zero-order chi connectivity index (χ0) is 11.4. The number of carbonyl (C=O) groups is 1. The molecule has 0 aliphatic rings. The predicted octanol–water partition coefficient (Wildman–Crippen LogP) is 1.76. The number of esters is 1. The maximum absolute atomic E-state index is 11.0. The number of hydrogen-bond acceptors (Lipinski definition) is 5. The fourth-order valence-electron chi connectivity index (χ4n) is 1.08. The molecular formula is C10H16N2O2S. The molecule has 1 heterocycles. The largest absolute Gasteiger partial charge is 0.469 e. The Morgan fingerprint density at radius 3 is 2.67 bits per heavy atom. The van der Waals surface area contributed by atoms with Crippen molar-refractivity contribution >= 4 is 22.4 Å². The van der Waals surface area contributed by atoms with Crippen molar-refractivity contribution in [3.63, 3.8) is 0 Å². The van der Waals surface area contributed by atoms with Gasteiger partial charge in [0.25, 0.3) is 0 Å². The van der Waals surface area contributed by atoms with Crippen LogP contribution in [0.15, 0.2) is 0 Å². The van der Waals surface area contributed by atoms with E-state index in [1.807, 2.05) is 25.8 Å². The smallest absolute Gasteiger partial charge is 0.307 e. The first kappa shape index (κ1) is 12.0. The van der Waals surface area contributed by atoms with E-state index in [0.717, 1.165) is 10.8 Å². The highest BCUT2D eigenvalue weighted by atomic mass is 32.1. The van der Waals surface area contributed by atoms with Crippen molar-refractivity contribution < 1.29 is 9.53 Å². The Bertz CT molecular complexity index is 330. The summed E-state index contributed by atoms with van der Waals surface area (Å²) in [5, 5.41) is 0.953. The molecule has 1 rings (SSSR count). The number of aromatic nitrogens is 1. The summed E-state index contributed by atoms with van der Waals surface area (Å²) < 4.78 is 4.58. The van der Waals surface area contributed by atoms with Gasteiger partial charge in [0.2, 0.25) is 0 Å². The highest BCUT2D eigenvalue weighted by Crippen LogP contribution is 2.24. The van der Waals surface area contributed by atoms with E-state index in [-0.39, 0.29) is 5.97 Å². The average Bonchev–Trinajstić information content (AvgIpc) is 2.55. The van der Waals surface area contributed by atoms with Crippen molar-refractivity contribution in [1.29, 1.82) is 0 Å². The molecule has 0 unspecified atom stereocenters. The summed E-state index contributed by atoms with van der Waals surface area (Å²) >= 11 is 1.64. The van der Waals surface area contributed by atoms with E-state index >= 15 is 0 Å². The van der Waals surface area contributed by atoms with E-state index in [1.165, 1.54) is 12.0 Å². The minimum absolute atomic E-state index is 0.188. The highest BCUT2D eigenvalue weighted by Gasteiger charge is 2.10. The molecule has 0 amide bonds. The van der Waals surface area contributed by atoms with Gasteiger partial charge in [-0.25, -0.2) is 4.98 Å². The predicted molar refractivity (Wildman–Crippen MR) is 61.5 cm³/mol. The third-order valence-electron chi connectivity index (χ3n) is 2.22. The fraction of sp³-hybridized carbons (Fsp3) is 0.600. The molecule has 4 nitrogen and oxygen atoms in total. The van der Waals surface area contributed by atoms with E-state index in [9.17, 15) is 4.79 Å². The molecule has 0 radical (unpaired) electrons. The number of aryl methyl sites for hydroxylation is 2. The molecule has 1 aromatic heterocycles. The lowest BCUT2D eigenvalue weighted by molar-refractivity contribution is -0.140. The standard InChI is InChI=1S/C10H16N2O2S/c1-7-8(2)15-10(11-7)12(3)6-5-9(13)14-4/h5-6H2,1-4H3. The Hall–Kier alpha value is -1.10. The molecule has 0 aromatic carbocycles. The molecule has 84 valence electrons. The number of ether oxygens (including phenoxy) is 1. The van der Waals surface area contributed by atoms with Crippen LogP contribution in [-0.2, 0) is 9.53 Å². The highest BCUT2D eigenvalue weighted by molar-refractivity contribution is 7.15. The summed E-state index contributed by atoms with van der Waals surface area (Å²) in [6.45, 7) is 4.67. The number of thiazole rings is 1. The minimum atomic E-state index is -0.188. The van der Waals surface area contributed by atoms with Crippen molar-refractivity contribution in [3.05, 3.63) is 10.6 Å². The second-order valence-corrected chi connectivity index (χ2v) is 4.57. The first-order chi connectivity index (χ1) is 7.04. The van der Waals surface area contributed by atoms with Gasteiger partial charge in [0.15, 0.2) is 5.13 Å². The van der Waals surface area contributed by atoms with Gasteiger partial charge in [0.05, 0.1) is 19.2 Å². The lowest BCUT2D eigenvalue weighted by atomic mass is 10.4. The molecule has 0 aliphatic carbocycles. The number of methoxy groups -OCH3 is 1. The first-order valence-electron chi connectivity index (χ1n) is 4.76. The summed E-state index contributed by atoms with van der Waals surface area (Å²) in [6.07, 6.45) is 0.394. The van der Waals surface area contributed by atoms with Crippen LogP contribution >= 0.6 is 11.3 Å². The van der Waals surface area contributed by atoms with Gasteiger partial charge in [-0.05, 0) is 13.8 Å². The second kappa shape index (κ2) is 5.11. The SMILES string of the molecule is COC(=O)CCN(C)c1nc(C)c(C)s1. The summed E-state index contributed by atoms with van der Waals surface area (Å²) in [5.41, 5.74) is 1.06. The molecule has 15 heavy (non-hydrogen) atoms. The van der Waals surface area contributed by atoms with Crippen molar-refractivity contribution in [1.82, 2.24) is 4.98 Å². The normalized spacial score (nSPS) is 10.1. The van der Waals surface area contributed by atoms with Crippen LogP contribution in [0.2, 0.25) is 0 Å². The van der Waals surface area contributed by atoms with Crippen LogP contribution in [0.5, 0.6) is 0 Å². The van der Waals surface area contributed by atoms with Gasteiger partial charge in [0, 0.05) is 18.5 Å². The van der Waals surface area contributed by atoms with Gasteiger partial charge in [-0.15, -0.1) is 11.3 Å². The van der Waals surface area contributed by atoms with E-state index in [4.69, 9.17) is 0 Å². The Balaban J connectivity index is 2.53. The summed E-state index contributed by atoms with van der Waals surface area (Å²) in [7, 11) is 3.33. The van der Waals surface area contributed by atoms with Crippen molar-refractivity contribution in [3.8, 4) is 0 Å². The molecule has 0 saturated heterocycles. The monoisotopic (exact) mass is 228 g/mol. The lowest BCUT2D eigenvalue weighted by Gasteiger charge is -2.14. The quantitative estimate of drug-likeness (QED) is 0.736. The maximum Gasteiger partial charge on any atom is 0.307 e. The summed E-state index contributed by atoms with van der Waals surface area (Å²) in [4.78, 5) is 18.6. The Morgan fingerprint density at radius 1 is 1.53 bits per heavy atom. The van der Waals surface area contributed by atoms with Crippen LogP contribution in [-0.4, -0.2) is 31.7 Å². The molecule has 0 bridgehead atoms. The molecule has 1 aromatic rings. The number of nitrogens with zero attached hydrogens (tertiary/aromatic N) is 2. The zero-order valence-electron chi connectivity index (χ0n) is 9.53. The van der Waals surface area contributed by atoms with Crippen LogP contribution in [0, 0.1) is 13.8 Å². The fourth-order valence-corrected chi connectivity index (χ4v) is 1.97. The molecule has 0 N–H and O–H groups in total. The topological polar surface area (TPSA) is 42.4 Å². The second-order valence-electron chi connectivity index (χ2n) is 3.39. The van der Waals surface area contributed by atoms with E-state index in [0.29, 0.717) is 13.0 Å². The van der Waals surface area contributed by atoms with Crippen molar-refractivity contribution in [2.45, 2.75) is 20.3 Å². The molecule has 0 spiro atoms. The van der Waals surface area contributed by atoms with E-state index in [1.54, 1.807) is 11.3 Å². The van der Waals surface area contributed by atoms with Crippen LogP contribution in [0.1, 0.15) is 17.0 Å². The number of carbonyl (C=O) groups excluding carboxylic acids is 1. The zero-order valence-corrected chi connectivity index (χ0v) is 10.3. The van der Waals surface area contributed by atoms with Crippen molar-refractivity contribution in [2.24, 2.45) is 0 Å². The minimum Gasteiger partial charge on any atom is -0.469 e. The van der Waals surface area contributed by atoms with Gasteiger partial charge >= 0.3 is 5.97 Å². The maximum atomic E-state index is 11.0. The van der Waals surface area contributed by atoms with Crippen LogP contribution in [0.3, 0.4) is 0 Å². The molecule has 0 aliphatic heterocycles.